The number of rotatable bonds is 3. The van der Waals surface area contributed by atoms with Crippen molar-refractivity contribution in [1.29, 1.82) is 0 Å². The molecule has 2 aromatic carbocycles. The van der Waals surface area contributed by atoms with Crippen LogP contribution in [0.2, 0.25) is 10.0 Å². The zero-order chi connectivity index (χ0) is 18.2. The van der Waals surface area contributed by atoms with Crippen molar-refractivity contribution in [3.8, 4) is 0 Å². The third-order valence-electron chi connectivity index (χ3n) is 3.37. The van der Waals surface area contributed by atoms with Crippen molar-refractivity contribution in [1.82, 2.24) is 9.62 Å². The quantitative estimate of drug-likeness (QED) is 0.637. The fourth-order valence-corrected chi connectivity index (χ4v) is 3.70. The van der Waals surface area contributed by atoms with Gasteiger partial charge in [0, 0.05) is 10.0 Å². The van der Waals surface area contributed by atoms with E-state index in [0.717, 1.165) is 0 Å². The molecule has 0 radical (unpaired) electrons. The Morgan fingerprint density at radius 3 is 1.96 bits per heavy atom. The summed E-state index contributed by atoms with van der Waals surface area (Å²) in [5, 5.41) is 3.11. The van der Waals surface area contributed by atoms with Crippen molar-refractivity contribution in [2.24, 2.45) is 0 Å². The molecule has 3 rings (SSSR count). The van der Waals surface area contributed by atoms with Gasteiger partial charge in [-0.1, -0.05) is 35.3 Å². The highest BCUT2D eigenvalue weighted by Gasteiger charge is 2.43. The average Bonchev–Trinajstić information content (AvgIpc) is 2.84. The first-order valence-electron chi connectivity index (χ1n) is 6.92. The lowest BCUT2D eigenvalue weighted by Crippen LogP contribution is -2.36. The molecule has 6 nitrogen and oxygen atoms in total. The molecule has 0 aliphatic carbocycles. The fourth-order valence-electron chi connectivity index (χ4n) is 2.17. The van der Waals surface area contributed by atoms with Crippen molar-refractivity contribution in [2.75, 3.05) is 0 Å². The largest absolute Gasteiger partial charge is 0.343 e. The Labute approximate surface area is 153 Å². The van der Waals surface area contributed by atoms with E-state index in [2.05, 4.69) is 5.32 Å². The van der Waals surface area contributed by atoms with Crippen LogP contribution in [0, 0.1) is 0 Å². The third kappa shape index (κ3) is 3.39. The van der Waals surface area contributed by atoms with Crippen LogP contribution in [0.25, 0.3) is 6.08 Å². The average molecular weight is 397 g/mol. The topological polar surface area (TPSA) is 83.6 Å². The number of benzene rings is 2. The van der Waals surface area contributed by atoms with Crippen LogP contribution in [0.3, 0.4) is 0 Å². The van der Waals surface area contributed by atoms with E-state index in [1.807, 2.05) is 0 Å². The maximum Gasteiger partial charge on any atom is 0.343 e. The summed E-state index contributed by atoms with van der Waals surface area (Å²) < 4.78 is 25.3. The standard InChI is InChI=1S/C16H10Cl2N2O4S/c17-11-3-1-10(2-4-11)9-14-15(21)20(16(22)19-14)25(23,24)13-7-5-12(18)6-8-13/h1-9H,(H,19,22)/b14-9-. The number of hydrogen-bond acceptors (Lipinski definition) is 4. The van der Waals surface area contributed by atoms with E-state index in [1.54, 1.807) is 24.3 Å². The summed E-state index contributed by atoms with van der Waals surface area (Å²) in [5.41, 5.74) is 0.434. The number of nitrogens with zero attached hydrogens (tertiary/aromatic N) is 1. The van der Waals surface area contributed by atoms with E-state index in [0.29, 0.717) is 15.6 Å². The van der Waals surface area contributed by atoms with Gasteiger partial charge in [0.25, 0.3) is 15.9 Å². The molecule has 1 aliphatic rings. The molecule has 1 heterocycles. The summed E-state index contributed by atoms with van der Waals surface area (Å²) in [6.07, 6.45) is 1.37. The molecule has 0 saturated carbocycles. The Hall–Kier alpha value is -2.35. The molecule has 1 aliphatic heterocycles. The second-order valence-corrected chi connectivity index (χ2v) is 7.73. The van der Waals surface area contributed by atoms with Gasteiger partial charge in [0.2, 0.25) is 0 Å². The van der Waals surface area contributed by atoms with Gasteiger partial charge in [0.15, 0.2) is 0 Å². The Morgan fingerprint density at radius 1 is 0.880 bits per heavy atom. The number of halogens is 2. The van der Waals surface area contributed by atoms with E-state index in [4.69, 9.17) is 23.2 Å². The number of amides is 3. The molecule has 1 saturated heterocycles. The minimum absolute atomic E-state index is 0.148. The van der Waals surface area contributed by atoms with Crippen LogP contribution < -0.4 is 5.32 Å². The highest BCUT2D eigenvalue weighted by atomic mass is 35.5. The van der Waals surface area contributed by atoms with Gasteiger partial charge in [-0.3, -0.25) is 4.79 Å². The van der Waals surface area contributed by atoms with Crippen molar-refractivity contribution in [2.45, 2.75) is 4.90 Å². The van der Waals surface area contributed by atoms with Crippen LogP contribution >= 0.6 is 23.2 Å². The molecule has 128 valence electrons. The zero-order valence-corrected chi connectivity index (χ0v) is 14.8. The van der Waals surface area contributed by atoms with Gasteiger partial charge in [0.05, 0.1) is 4.90 Å². The van der Waals surface area contributed by atoms with E-state index in [-0.39, 0.29) is 14.9 Å². The van der Waals surface area contributed by atoms with E-state index in [9.17, 15) is 18.0 Å². The third-order valence-corrected chi connectivity index (χ3v) is 5.56. The second kappa shape index (κ2) is 6.51. The molecule has 1 N–H and O–H groups in total. The molecule has 0 spiro atoms. The molecule has 25 heavy (non-hydrogen) atoms. The molecule has 0 atom stereocenters. The van der Waals surface area contributed by atoms with Crippen molar-refractivity contribution in [3.05, 3.63) is 69.8 Å². The lowest BCUT2D eigenvalue weighted by molar-refractivity contribution is -0.119. The molecule has 0 unspecified atom stereocenters. The monoisotopic (exact) mass is 396 g/mol. The van der Waals surface area contributed by atoms with Gasteiger partial charge in [0.1, 0.15) is 5.70 Å². The molecule has 3 amide bonds. The SMILES string of the molecule is O=C1N/C(=C\c2ccc(Cl)cc2)C(=O)N1S(=O)(=O)c1ccc(Cl)cc1. The Kier molecular flexibility index (Phi) is 4.55. The first-order chi connectivity index (χ1) is 11.8. The van der Waals surface area contributed by atoms with Gasteiger partial charge in [-0.05, 0) is 48.0 Å². The van der Waals surface area contributed by atoms with E-state index >= 15 is 0 Å². The second-order valence-electron chi connectivity index (χ2n) is 5.07. The first kappa shape index (κ1) is 17.5. The maximum absolute atomic E-state index is 12.6. The summed E-state index contributed by atoms with van der Waals surface area (Å²) in [4.78, 5) is 24.3. The number of carbonyl (C=O) groups is 2. The predicted molar refractivity (Wildman–Crippen MR) is 93.4 cm³/mol. The molecule has 1 fully saturated rings. The van der Waals surface area contributed by atoms with Crippen molar-refractivity contribution < 1.29 is 18.0 Å². The maximum atomic E-state index is 12.6. The molecule has 9 heteroatoms. The predicted octanol–water partition coefficient (Wildman–Crippen LogP) is 3.28. The summed E-state index contributed by atoms with van der Waals surface area (Å²) in [5.74, 6) is -0.963. The van der Waals surface area contributed by atoms with Crippen molar-refractivity contribution >= 4 is 51.2 Å². The highest BCUT2D eigenvalue weighted by molar-refractivity contribution is 7.90. The molecule has 0 bridgehead atoms. The smallest absolute Gasteiger partial charge is 0.302 e. The number of carbonyl (C=O) groups excluding carboxylic acids is 2. The summed E-state index contributed by atoms with van der Waals surface area (Å²) in [6.45, 7) is 0. The fraction of sp³-hybridized carbons (Fsp3) is 0. The summed E-state index contributed by atoms with van der Waals surface area (Å²) in [7, 11) is -4.33. The van der Waals surface area contributed by atoms with Crippen molar-refractivity contribution in [3.63, 3.8) is 0 Å². The lowest BCUT2D eigenvalue weighted by atomic mass is 10.2. The summed E-state index contributed by atoms with van der Waals surface area (Å²) >= 11 is 11.5. The van der Waals surface area contributed by atoms with Crippen LogP contribution in [0.5, 0.6) is 0 Å². The van der Waals surface area contributed by atoms with Gasteiger partial charge >= 0.3 is 6.03 Å². The van der Waals surface area contributed by atoms with Crippen LogP contribution in [0.15, 0.2) is 59.1 Å². The lowest BCUT2D eigenvalue weighted by Gasteiger charge is -2.12. The minimum atomic E-state index is -4.33. The van der Waals surface area contributed by atoms with Gasteiger partial charge in [-0.2, -0.15) is 0 Å². The highest BCUT2D eigenvalue weighted by Crippen LogP contribution is 2.24. The van der Waals surface area contributed by atoms with Crippen LogP contribution in [-0.4, -0.2) is 24.7 Å². The zero-order valence-electron chi connectivity index (χ0n) is 12.4. The number of nitrogens with one attached hydrogen (secondary N) is 1. The Morgan fingerprint density at radius 2 is 1.40 bits per heavy atom. The molecule has 2 aromatic rings. The molecule has 0 aromatic heterocycles. The van der Waals surface area contributed by atoms with E-state index < -0.39 is 22.0 Å². The molecular formula is C16H10Cl2N2O4S. The van der Waals surface area contributed by atoms with Crippen LogP contribution in [-0.2, 0) is 14.8 Å². The van der Waals surface area contributed by atoms with Crippen LogP contribution in [0.1, 0.15) is 5.56 Å². The minimum Gasteiger partial charge on any atom is -0.302 e. The van der Waals surface area contributed by atoms with Gasteiger partial charge < -0.3 is 5.32 Å². The number of imide groups is 1. The Bertz CT molecular complexity index is 984. The Balaban J connectivity index is 1.96. The van der Waals surface area contributed by atoms with E-state index in [1.165, 1.54) is 30.3 Å². The number of urea groups is 1. The first-order valence-corrected chi connectivity index (χ1v) is 9.12. The number of sulfonamides is 1. The van der Waals surface area contributed by atoms with Gasteiger partial charge in [-0.15, -0.1) is 4.31 Å². The van der Waals surface area contributed by atoms with Crippen LogP contribution in [0.4, 0.5) is 4.79 Å². The molecular weight excluding hydrogens is 387 g/mol. The number of hydrogen-bond donors (Lipinski definition) is 1. The normalized spacial score (nSPS) is 16.4. The van der Waals surface area contributed by atoms with Gasteiger partial charge in [-0.25, -0.2) is 13.2 Å². The summed E-state index contributed by atoms with van der Waals surface area (Å²) in [6, 6.07) is 10.6.